The minimum absolute atomic E-state index is 0.0735. The minimum atomic E-state index is -1.31. The van der Waals surface area contributed by atoms with E-state index in [-0.39, 0.29) is 12.5 Å². The number of aliphatic carboxylic acids is 1. The second-order valence-corrected chi connectivity index (χ2v) is 3.14. The SMILES string of the molecule is CC(C)NC(C)(O)CC(=O)O. The molecule has 0 rings (SSSR count). The first-order chi connectivity index (χ1) is 4.83. The lowest BCUT2D eigenvalue weighted by Crippen LogP contribution is -2.47. The van der Waals surface area contributed by atoms with E-state index in [0.29, 0.717) is 0 Å². The highest BCUT2D eigenvalue weighted by Gasteiger charge is 2.23. The highest BCUT2D eigenvalue weighted by molar-refractivity contribution is 5.67. The smallest absolute Gasteiger partial charge is 0.307 e. The Kier molecular flexibility index (Phi) is 3.48. The number of rotatable bonds is 4. The zero-order valence-corrected chi connectivity index (χ0v) is 7.09. The van der Waals surface area contributed by atoms with Gasteiger partial charge in [0.1, 0.15) is 5.72 Å². The van der Waals surface area contributed by atoms with E-state index in [4.69, 9.17) is 5.11 Å². The van der Waals surface area contributed by atoms with Gasteiger partial charge in [0.15, 0.2) is 0 Å². The first-order valence-corrected chi connectivity index (χ1v) is 3.55. The molecule has 0 aromatic rings. The summed E-state index contributed by atoms with van der Waals surface area (Å²) in [5.74, 6) is -1.01. The Balaban J connectivity index is 3.89. The van der Waals surface area contributed by atoms with E-state index in [9.17, 15) is 9.90 Å². The van der Waals surface area contributed by atoms with Gasteiger partial charge in [-0.2, -0.15) is 0 Å². The van der Waals surface area contributed by atoms with E-state index in [2.05, 4.69) is 5.32 Å². The van der Waals surface area contributed by atoms with Crippen LogP contribution in [-0.2, 0) is 4.79 Å². The van der Waals surface area contributed by atoms with Crippen LogP contribution in [0.3, 0.4) is 0 Å². The summed E-state index contributed by atoms with van der Waals surface area (Å²) in [4.78, 5) is 10.2. The summed E-state index contributed by atoms with van der Waals surface area (Å²) in [5, 5.41) is 20.5. The van der Waals surface area contributed by atoms with Crippen LogP contribution in [0.1, 0.15) is 27.2 Å². The van der Waals surface area contributed by atoms with E-state index in [1.165, 1.54) is 6.92 Å². The second-order valence-electron chi connectivity index (χ2n) is 3.14. The predicted molar refractivity (Wildman–Crippen MR) is 41.1 cm³/mol. The largest absolute Gasteiger partial charge is 0.481 e. The zero-order chi connectivity index (χ0) is 9.07. The van der Waals surface area contributed by atoms with Crippen LogP contribution in [-0.4, -0.2) is 27.9 Å². The summed E-state index contributed by atoms with van der Waals surface area (Å²) in [6.07, 6.45) is -0.287. The topological polar surface area (TPSA) is 69.6 Å². The van der Waals surface area contributed by atoms with Gasteiger partial charge < -0.3 is 10.2 Å². The molecule has 0 saturated heterocycles. The number of carbonyl (C=O) groups is 1. The molecule has 0 aliphatic heterocycles. The van der Waals surface area contributed by atoms with Crippen molar-refractivity contribution in [3.8, 4) is 0 Å². The van der Waals surface area contributed by atoms with Crippen LogP contribution < -0.4 is 5.32 Å². The van der Waals surface area contributed by atoms with Crippen molar-refractivity contribution in [3.63, 3.8) is 0 Å². The minimum Gasteiger partial charge on any atom is -0.481 e. The molecule has 0 aromatic carbocycles. The average molecular weight is 161 g/mol. The third kappa shape index (κ3) is 5.82. The quantitative estimate of drug-likeness (QED) is 0.514. The molecule has 1 atom stereocenters. The summed E-state index contributed by atoms with van der Waals surface area (Å²) in [6, 6.07) is 0.0735. The molecule has 0 saturated carbocycles. The Labute approximate surface area is 66.2 Å². The predicted octanol–water partition coefficient (Wildman–Crippen LogP) is 0.168. The van der Waals surface area contributed by atoms with Crippen LogP contribution in [0.25, 0.3) is 0 Å². The van der Waals surface area contributed by atoms with E-state index in [0.717, 1.165) is 0 Å². The van der Waals surface area contributed by atoms with Gasteiger partial charge in [-0.05, 0) is 20.8 Å². The summed E-state index contributed by atoms with van der Waals surface area (Å²) < 4.78 is 0. The molecule has 0 spiro atoms. The third-order valence-corrected chi connectivity index (χ3v) is 1.10. The van der Waals surface area contributed by atoms with Crippen molar-refractivity contribution >= 4 is 5.97 Å². The summed E-state index contributed by atoms with van der Waals surface area (Å²) in [6.45, 7) is 5.13. The van der Waals surface area contributed by atoms with Gasteiger partial charge in [-0.25, -0.2) is 0 Å². The summed E-state index contributed by atoms with van der Waals surface area (Å²) >= 11 is 0. The van der Waals surface area contributed by atoms with Crippen LogP contribution in [0.5, 0.6) is 0 Å². The zero-order valence-electron chi connectivity index (χ0n) is 7.09. The Hall–Kier alpha value is -0.610. The highest BCUT2D eigenvalue weighted by atomic mass is 16.4. The lowest BCUT2D eigenvalue weighted by Gasteiger charge is -2.25. The monoisotopic (exact) mass is 161 g/mol. The van der Waals surface area contributed by atoms with Crippen LogP contribution in [0.15, 0.2) is 0 Å². The first-order valence-electron chi connectivity index (χ1n) is 3.55. The number of hydrogen-bond donors (Lipinski definition) is 3. The molecular weight excluding hydrogens is 146 g/mol. The van der Waals surface area contributed by atoms with Gasteiger partial charge >= 0.3 is 5.97 Å². The Bertz CT molecular complexity index is 143. The molecule has 3 N–H and O–H groups in total. The molecule has 0 amide bonds. The number of carboxylic acids is 1. The number of nitrogens with one attached hydrogen (secondary N) is 1. The fourth-order valence-electron chi connectivity index (χ4n) is 0.967. The van der Waals surface area contributed by atoms with Crippen molar-refractivity contribution in [3.05, 3.63) is 0 Å². The molecule has 0 radical (unpaired) electrons. The fourth-order valence-corrected chi connectivity index (χ4v) is 0.967. The lowest BCUT2D eigenvalue weighted by molar-refractivity contribution is -0.143. The Morgan fingerprint density at radius 3 is 2.36 bits per heavy atom. The van der Waals surface area contributed by atoms with Gasteiger partial charge in [0, 0.05) is 6.04 Å². The molecule has 1 unspecified atom stereocenters. The van der Waals surface area contributed by atoms with Crippen LogP contribution in [0, 0.1) is 0 Å². The lowest BCUT2D eigenvalue weighted by atomic mass is 10.1. The van der Waals surface area contributed by atoms with Gasteiger partial charge in [0.25, 0.3) is 0 Å². The average Bonchev–Trinajstić information content (AvgIpc) is 1.53. The Morgan fingerprint density at radius 1 is 1.64 bits per heavy atom. The van der Waals surface area contributed by atoms with E-state index in [1.54, 1.807) is 0 Å². The maximum Gasteiger partial charge on any atom is 0.307 e. The number of carboxylic acid groups (broad SMARTS) is 1. The maximum atomic E-state index is 10.2. The van der Waals surface area contributed by atoms with Crippen molar-refractivity contribution in [2.24, 2.45) is 0 Å². The standard InChI is InChI=1S/C7H15NO3/c1-5(2)8-7(3,11)4-6(9)10/h5,8,11H,4H2,1-3H3,(H,9,10). The molecule has 0 aliphatic carbocycles. The van der Waals surface area contributed by atoms with Gasteiger partial charge in [-0.15, -0.1) is 0 Å². The highest BCUT2D eigenvalue weighted by Crippen LogP contribution is 2.05. The number of aliphatic hydroxyl groups is 1. The normalized spacial score (nSPS) is 16.5. The summed E-state index contributed by atoms with van der Waals surface area (Å²) in [7, 11) is 0. The number of hydrogen-bond acceptors (Lipinski definition) is 3. The molecule has 4 heteroatoms. The van der Waals surface area contributed by atoms with Crippen LogP contribution >= 0.6 is 0 Å². The first kappa shape index (κ1) is 10.4. The van der Waals surface area contributed by atoms with Crippen molar-refractivity contribution in [1.82, 2.24) is 5.32 Å². The molecule has 4 nitrogen and oxygen atoms in total. The van der Waals surface area contributed by atoms with E-state index < -0.39 is 11.7 Å². The molecule has 66 valence electrons. The second kappa shape index (κ2) is 3.69. The van der Waals surface area contributed by atoms with Crippen molar-refractivity contribution in [2.75, 3.05) is 0 Å². The molecule has 11 heavy (non-hydrogen) atoms. The van der Waals surface area contributed by atoms with E-state index >= 15 is 0 Å². The van der Waals surface area contributed by atoms with Gasteiger partial charge in [0.05, 0.1) is 6.42 Å². The molecule has 0 bridgehead atoms. The van der Waals surface area contributed by atoms with Crippen molar-refractivity contribution < 1.29 is 15.0 Å². The molecular formula is C7H15NO3. The third-order valence-electron chi connectivity index (χ3n) is 1.10. The van der Waals surface area contributed by atoms with Crippen LogP contribution in [0.4, 0.5) is 0 Å². The van der Waals surface area contributed by atoms with Gasteiger partial charge in [0.2, 0.25) is 0 Å². The fraction of sp³-hybridized carbons (Fsp3) is 0.857. The molecule has 0 heterocycles. The van der Waals surface area contributed by atoms with Crippen LogP contribution in [0.2, 0.25) is 0 Å². The van der Waals surface area contributed by atoms with Crippen molar-refractivity contribution in [1.29, 1.82) is 0 Å². The van der Waals surface area contributed by atoms with Crippen molar-refractivity contribution in [2.45, 2.75) is 39.0 Å². The maximum absolute atomic E-state index is 10.2. The van der Waals surface area contributed by atoms with Gasteiger partial charge in [-0.3, -0.25) is 10.1 Å². The van der Waals surface area contributed by atoms with Gasteiger partial charge in [-0.1, -0.05) is 0 Å². The summed E-state index contributed by atoms with van der Waals surface area (Å²) in [5.41, 5.74) is -1.31. The molecule has 0 aromatic heterocycles. The molecule has 0 fully saturated rings. The molecule has 0 aliphatic rings. The Morgan fingerprint density at radius 2 is 2.09 bits per heavy atom. The van der Waals surface area contributed by atoms with E-state index in [1.807, 2.05) is 13.8 Å².